The van der Waals surface area contributed by atoms with Crippen LogP contribution in [-0.2, 0) is 9.59 Å². The molecule has 0 saturated carbocycles. The van der Waals surface area contributed by atoms with E-state index in [4.69, 9.17) is 4.74 Å². The van der Waals surface area contributed by atoms with Crippen molar-refractivity contribution in [1.29, 1.82) is 0 Å². The van der Waals surface area contributed by atoms with Crippen molar-refractivity contribution >= 4 is 11.8 Å². The molecule has 1 atom stereocenters. The Balaban J connectivity index is 1.98. The average molecular weight is 337 g/mol. The first kappa shape index (κ1) is 18.2. The van der Waals surface area contributed by atoms with Crippen LogP contribution in [0.15, 0.2) is 18.2 Å². The molecule has 1 N–H and O–H groups in total. The van der Waals surface area contributed by atoms with Gasteiger partial charge in [-0.05, 0) is 31.2 Å². The van der Waals surface area contributed by atoms with E-state index in [0.29, 0.717) is 32.6 Å². The molecule has 1 fully saturated rings. The van der Waals surface area contributed by atoms with Gasteiger partial charge in [-0.25, -0.2) is 4.39 Å². The first-order valence-corrected chi connectivity index (χ1v) is 8.00. The van der Waals surface area contributed by atoms with Gasteiger partial charge in [0.2, 0.25) is 0 Å². The largest absolute Gasteiger partial charge is 0.494 e. The predicted octanol–water partition coefficient (Wildman–Crippen LogP) is 0.828. The number of hydrogen-bond acceptors (Lipinski definition) is 4. The van der Waals surface area contributed by atoms with Gasteiger partial charge in [-0.1, -0.05) is 6.07 Å². The maximum Gasteiger partial charge on any atom is 0.312 e. The summed E-state index contributed by atoms with van der Waals surface area (Å²) in [5.41, 5.74) is 0.819. The highest BCUT2D eigenvalue weighted by molar-refractivity contribution is 6.34. The monoisotopic (exact) mass is 337 g/mol. The molecule has 1 aromatic carbocycles. The molecule has 24 heavy (non-hydrogen) atoms. The van der Waals surface area contributed by atoms with Crippen molar-refractivity contribution in [1.82, 2.24) is 15.1 Å². The van der Waals surface area contributed by atoms with Gasteiger partial charge in [0.25, 0.3) is 0 Å². The number of methoxy groups -OCH3 is 1. The van der Waals surface area contributed by atoms with Crippen LogP contribution in [0.3, 0.4) is 0 Å². The number of likely N-dealkylation sites (tertiary alicyclic amines) is 1. The fraction of sp³-hybridized carbons (Fsp3) is 0.529. The summed E-state index contributed by atoms with van der Waals surface area (Å²) in [6.45, 7) is 2.03. The Bertz CT molecular complexity index is 609. The number of benzene rings is 1. The Morgan fingerprint density at radius 3 is 2.83 bits per heavy atom. The third-order valence-corrected chi connectivity index (χ3v) is 4.35. The second-order valence-corrected chi connectivity index (χ2v) is 5.96. The number of ether oxygens (including phenoxy) is 1. The minimum Gasteiger partial charge on any atom is -0.494 e. The molecule has 0 bridgehead atoms. The standard InChI is InChI=1S/C17H24FN3O3/c1-19-7-9-20(2)16(22)17(23)21-8-6-13(11-21)12-4-5-15(24-3)14(18)10-12/h4-5,10,13,19H,6-9,11H2,1-3H3. The van der Waals surface area contributed by atoms with Crippen molar-refractivity contribution < 1.29 is 18.7 Å². The van der Waals surface area contributed by atoms with Crippen molar-refractivity contribution in [3.05, 3.63) is 29.6 Å². The van der Waals surface area contributed by atoms with E-state index in [1.807, 2.05) is 0 Å². The summed E-state index contributed by atoms with van der Waals surface area (Å²) in [5, 5.41) is 2.94. The van der Waals surface area contributed by atoms with Gasteiger partial charge in [-0.3, -0.25) is 9.59 Å². The van der Waals surface area contributed by atoms with Gasteiger partial charge < -0.3 is 19.9 Å². The Morgan fingerprint density at radius 2 is 2.21 bits per heavy atom. The van der Waals surface area contributed by atoms with E-state index in [-0.39, 0.29) is 11.7 Å². The number of carbonyl (C=O) groups is 2. The number of rotatable bonds is 5. The summed E-state index contributed by atoms with van der Waals surface area (Å²) in [7, 11) is 4.83. The van der Waals surface area contributed by atoms with Gasteiger partial charge in [0.15, 0.2) is 11.6 Å². The lowest BCUT2D eigenvalue weighted by molar-refractivity contribution is -0.150. The minimum atomic E-state index is -0.508. The number of likely N-dealkylation sites (N-methyl/N-ethyl adjacent to an activating group) is 2. The van der Waals surface area contributed by atoms with Gasteiger partial charge in [0, 0.05) is 39.1 Å². The molecular weight excluding hydrogens is 313 g/mol. The molecule has 0 spiro atoms. The smallest absolute Gasteiger partial charge is 0.312 e. The van der Waals surface area contributed by atoms with Crippen LogP contribution in [-0.4, -0.2) is 69.0 Å². The maximum atomic E-state index is 13.8. The van der Waals surface area contributed by atoms with E-state index in [9.17, 15) is 14.0 Å². The first-order valence-electron chi connectivity index (χ1n) is 8.00. The van der Waals surface area contributed by atoms with Crippen LogP contribution < -0.4 is 10.1 Å². The number of carbonyl (C=O) groups excluding carboxylic acids is 2. The number of hydrogen-bond donors (Lipinski definition) is 1. The zero-order valence-electron chi connectivity index (χ0n) is 14.3. The zero-order chi connectivity index (χ0) is 17.7. The van der Waals surface area contributed by atoms with Crippen molar-refractivity contribution in [2.24, 2.45) is 0 Å². The molecule has 1 unspecified atom stereocenters. The van der Waals surface area contributed by atoms with Crippen LogP contribution in [0.2, 0.25) is 0 Å². The molecule has 1 saturated heterocycles. The average Bonchev–Trinajstić information content (AvgIpc) is 3.08. The van der Waals surface area contributed by atoms with Crippen LogP contribution in [0.4, 0.5) is 4.39 Å². The summed E-state index contributed by atoms with van der Waals surface area (Å²) in [6.07, 6.45) is 0.713. The second kappa shape index (κ2) is 8.10. The fourth-order valence-electron chi connectivity index (χ4n) is 2.83. The van der Waals surface area contributed by atoms with Crippen molar-refractivity contribution in [2.45, 2.75) is 12.3 Å². The summed E-state index contributed by atoms with van der Waals surface area (Å²) < 4.78 is 18.8. The van der Waals surface area contributed by atoms with Crippen LogP contribution in [0.25, 0.3) is 0 Å². The van der Waals surface area contributed by atoms with Crippen LogP contribution in [0, 0.1) is 5.82 Å². The molecule has 0 aliphatic carbocycles. The SMILES string of the molecule is CNCCN(C)C(=O)C(=O)N1CCC(c2ccc(OC)c(F)c2)C1. The van der Waals surface area contributed by atoms with E-state index >= 15 is 0 Å². The van der Waals surface area contributed by atoms with Gasteiger partial charge in [0.05, 0.1) is 7.11 Å². The molecule has 6 nitrogen and oxygen atoms in total. The Labute approximate surface area is 141 Å². The molecule has 132 valence electrons. The summed E-state index contributed by atoms with van der Waals surface area (Å²) in [4.78, 5) is 27.4. The number of nitrogens with one attached hydrogen (secondary N) is 1. The molecule has 0 radical (unpaired) electrons. The van der Waals surface area contributed by atoms with Crippen LogP contribution in [0.5, 0.6) is 5.75 Å². The van der Waals surface area contributed by atoms with E-state index < -0.39 is 17.6 Å². The van der Waals surface area contributed by atoms with Crippen molar-refractivity contribution in [3.63, 3.8) is 0 Å². The summed E-state index contributed by atoms with van der Waals surface area (Å²) in [6, 6.07) is 4.84. The molecule has 1 aromatic rings. The van der Waals surface area contributed by atoms with Crippen LogP contribution >= 0.6 is 0 Å². The van der Waals surface area contributed by atoms with Gasteiger partial charge in [0.1, 0.15) is 0 Å². The lowest BCUT2D eigenvalue weighted by Crippen LogP contribution is -2.44. The molecule has 7 heteroatoms. The third kappa shape index (κ3) is 4.03. The Hall–Kier alpha value is -2.15. The highest BCUT2D eigenvalue weighted by atomic mass is 19.1. The highest BCUT2D eigenvalue weighted by Crippen LogP contribution is 2.30. The zero-order valence-corrected chi connectivity index (χ0v) is 14.3. The van der Waals surface area contributed by atoms with Crippen molar-refractivity contribution in [3.8, 4) is 5.75 Å². The Kier molecular flexibility index (Phi) is 6.14. The lowest BCUT2D eigenvalue weighted by atomic mass is 9.98. The van der Waals surface area contributed by atoms with E-state index in [1.54, 1.807) is 31.1 Å². The normalized spacial score (nSPS) is 17.0. The van der Waals surface area contributed by atoms with E-state index in [0.717, 1.165) is 5.56 Å². The van der Waals surface area contributed by atoms with Gasteiger partial charge in [-0.2, -0.15) is 0 Å². The van der Waals surface area contributed by atoms with E-state index in [2.05, 4.69) is 5.32 Å². The third-order valence-electron chi connectivity index (χ3n) is 4.35. The fourth-order valence-corrected chi connectivity index (χ4v) is 2.83. The first-order chi connectivity index (χ1) is 11.5. The molecule has 1 aliphatic heterocycles. The highest BCUT2D eigenvalue weighted by Gasteiger charge is 2.32. The van der Waals surface area contributed by atoms with Gasteiger partial charge >= 0.3 is 11.8 Å². The second-order valence-electron chi connectivity index (χ2n) is 5.96. The number of amides is 2. The predicted molar refractivity (Wildman–Crippen MR) is 88.5 cm³/mol. The molecule has 1 heterocycles. The Morgan fingerprint density at radius 1 is 1.46 bits per heavy atom. The van der Waals surface area contributed by atoms with Gasteiger partial charge in [-0.15, -0.1) is 0 Å². The molecule has 1 aliphatic rings. The number of halogens is 1. The molecule has 2 amide bonds. The maximum absolute atomic E-state index is 13.8. The molecule has 0 aromatic heterocycles. The topological polar surface area (TPSA) is 61.9 Å². The minimum absolute atomic E-state index is 0.0322. The quantitative estimate of drug-likeness (QED) is 0.809. The van der Waals surface area contributed by atoms with E-state index in [1.165, 1.54) is 18.1 Å². The summed E-state index contributed by atoms with van der Waals surface area (Å²) in [5.74, 6) is -1.18. The van der Waals surface area contributed by atoms with Crippen molar-refractivity contribution in [2.75, 3.05) is 47.4 Å². The number of nitrogens with zero attached hydrogens (tertiary/aromatic N) is 2. The lowest BCUT2D eigenvalue weighted by Gasteiger charge is -2.21. The molecule has 2 rings (SSSR count). The molecular formula is C17H24FN3O3. The van der Waals surface area contributed by atoms with Crippen LogP contribution in [0.1, 0.15) is 17.9 Å². The summed E-state index contributed by atoms with van der Waals surface area (Å²) >= 11 is 0.